The van der Waals surface area contributed by atoms with Gasteiger partial charge in [0.1, 0.15) is 5.54 Å². The molecule has 3 rings (SSSR count). The summed E-state index contributed by atoms with van der Waals surface area (Å²) < 4.78 is 5.14. The number of aliphatic hydroxyl groups excluding tert-OH is 1. The topological polar surface area (TPSA) is 49.8 Å². The van der Waals surface area contributed by atoms with Crippen molar-refractivity contribution in [1.29, 1.82) is 0 Å². The Morgan fingerprint density at radius 1 is 1.56 bits per heavy atom. The van der Waals surface area contributed by atoms with Crippen LogP contribution < -0.4 is 0 Å². The second-order valence-corrected chi connectivity index (χ2v) is 5.74. The van der Waals surface area contributed by atoms with Crippen molar-refractivity contribution in [3.8, 4) is 0 Å². The molecule has 92 valence electrons. The highest BCUT2D eigenvalue weighted by atomic mass is 16.5. The zero-order valence-electron chi connectivity index (χ0n) is 10.3. The van der Waals surface area contributed by atoms with Crippen LogP contribution in [0.3, 0.4) is 0 Å². The number of carbonyl (C=O) groups is 1. The van der Waals surface area contributed by atoms with Gasteiger partial charge in [-0.25, -0.2) is 0 Å². The first-order valence-corrected chi connectivity index (χ1v) is 5.87. The number of aliphatic hydroxyl groups is 1. The molecule has 3 atom stereocenters. The number of nitrogens with zero attached hydrogens (tertiary/aromatic N) is 1. The van der Waals surface area contributed by atoms with Crippen LogP contribution in [0.25, 0.3) is 0 Å². The van der Waals surface area contributed by atoms with E-state index in [4.69, 9.17) is 4.74 Å². The molecule has 0 radical (unpaired) electrons. The normalized spacial score (nSPS) is 41.4. The van der Waals surface area contributed by atoms with Gasteiger partial charge in [0.05, 0.1) is 13.2 Å². The summed E-state index contributed by atoms with van der Waals surface area (Å²) in [6.07, 6.45) is 0.914. The number of piperidine rings is 3. The number of ether oxygens (including phenoxy) is 1. The minimum absolute atomic E-state index is 0.0295. The molecule has 3 saturated heterocycles. The molecular weight excluding hydrogens is 206 g/mol. The van der Waals surface area contributed by atoms with Crippen LogP contribution >= 0.6 is 0 Å². The predicted molar refractivity (Wildman–Crippen MR) is 60.2 cm³/mol. The van der Waals surface area contributed by atoms with E-state index in [1.807, 2.05) is 0 Å². The first-order chi connectivity index (χ1) is 7.48. The van der Waals surface area contributed by atoms with Crippen LogP contribution in [-0.4, -0.2) is 54.7 Å². The molecule has 0 aromatic rings. The van der Waals surface area contributed by atoms with Crippen molar-refractivity contribution in [1.82, 2.24) is 4.90 Å². The summed E-state index contributed by atoms with van der Waals surface area (Å²) in [7, 11) is 1.58. The second kappa shape index (κ2) is 3.79. The summed E-state index contributed by atoms with van der Waals surface area (Å²) in [5.41, 5.74) is -0.741. The number of fused-ring (bicyclic) bond motifs is 3. The number of methoxy groups -OCH3 is 1. The zero-order chi connectivity index (χ0) is 12.0. The molecular formula is C12H21NO3. The van der Waals surface area contributed by atoms with Gasteiger partial charge in [-0.3, -0.25) is 9.69 Å². The van der Waals surface area contributed by atoms with E-state index in [0.29, 0.717) is 6.61 Å². The van der Waals surface area contributed by atoms with E-state index in [9.17, 15) is 9.90 Å². The molecule has 3 heterocycles. The fourth-order valence-corrected chi connectivity index (χ4v) is 3.31. The van der Waals surface area contributed by atoms with Gasteiger partial charge in [0.25, 0.3) is 0 Å². The zero-order valence-corrected chi connectivity index (χ0v) is 10.3. The predicted octanol–water partition coefficient (Wildman–Crippen LogP) is 0.295. The number of rotatable bonds is 3. The largest absolute Gasteiger partial charge is 0.394 e. The fraction of sp³-hybridized carbons (Fsp3) is 0.917. The number of carbonyl (C=O) groups excluding carboxylic acids is 1. The van der Waals surface area contributed by atoms with Gasteiger partial charge in [-0.05, 0) is 11.8 Å². The van der Waals surface area contributed by atoms with Gasteiger partial charge in [-0.2, -0.15) is 0 Å². The van der Waals surface area contributed by atoms with Gasteiger partial charge >= 0.3 is 0 Å². The maximum atomic E-state index is 12.5. The molecule has 0 aromatic heterocycles. The Morgan fingerprint density at radius 3 is 2.69 bits per heavy atom. The second-order valence-electron chi connectivity index (χ2n) is 5.74. The number of hydrogen-bond donors (Lipinski definition) is 1. The van der Waals surface area contributed by atoms with E-state index in [2.05, 4.69) is 18.7 Å². The summed E-state index contributed by atoms with van der Waals surface area (Å²) in [6, 6.07) is 0. The highest BCUT2D eigenvalue weighted by molar-refractivity contribution is 5.93. The van der Waals surface area contributed by atoms with Gasteiger partial charge in [-0.1, -0.05) is 13.8 Å². The third-order valence-electron chi connectivity index (χ3n) is 4.25. The monoisotopic (exact) mass is 227 g/mol. The fourth-order valence-electron chi connectivity index (χ4n) is 3.31. The van der Waals surface area contributed by atoms with Crippen LogP contribution in [-0.2, 0) is 9.53 Å². The molecule has 3 fully saturated rings. The highest BCUT2D eigenvalue weighted by Crippen LogP contribution is 2.46. The van der Waals surface area contributed by atoms with Crippen molar-refractivity contribution >= 4 is 5.78 Å². The lowest BCUT2D eigenvalue weighted by Gasteiger charge is -2.58. The Labute approximate surface area is 96.6 Å². The SMILES string of the molecule is COC[C@@]1(CO)C(=O)[C@H]2CCN1CC2(C)C. The lowest BCUT2D eigenvalue weighted by atomic mass is 9.62. The number of ketones is 1. The van der Waals surface area contributed by atoms with Crippen molar-refractivity contribution in [3.63, 3.8) is 0 Å². The van der Waals surface area contributed by atoms with E-state index in [-0.39, 0.29) is 23.7 Å². The lowest BCUT2D eigenvalue weighted by molar-refractivity contribution is -0.172. The first kappa shape index (κ1) is 12.0. The summed E-state index contributed by atoms with van der Waals surface area (Å²) in [4.78, 5) is 14.6. The Bertz CT molecular complexity index is 303. The molecule has 0 spiro atoms. The van der Waals surface area contributed by atoms with E-state index < -0.39 is 5.54 Å². The molecule has 16 heavy (non-hydrogen) atoms. The van der Waals surface area contributed by atoms with E-state index in [0.717, 1.165) is 19.5 Å². The van der Waals surface area contributed by atoms with Crippen LogP contribution in [0.1, 0.15) is 20.3 Å². The van der Waals surface area contributed by atoms with Crippen molar-refractivity contribution in [2.24, 2.45) is 11.3 Å². The van der Waals surface area contributed by atoms with Crippen LogP contribution in [0.4, 0.5) is 0 Å². The average Bonchev–Trinajstić information content (AvgIpc) is 2.22. The molecule has 1 unspecified atom stereocenters. The third-order valence-corrected chi connectivity index (χ3v) is 4.25. The molecule has 4 heteroatoms. The summed E-state index contributed by atoms with van der Waals surface area (Å²) in [5.74, 6) is 0.235. The summed E-state index contributed by atoms with van der Waals surface area (Å²) in [5, 5.41) is 9.59. The first-order valence-electron chi connectivity index (χ1n) is 5.87. The Morgan fingerprint density at radius 2 is 2.25 bits per heavy atom. The van der Waals surface area contributed by atoms with Gasteiger partial charge in [-0.15, -0.1) is 0 Å². The Hall–Kier alpha value is -0.450. The van der Waals surface area contributed by atoms with Crippen LogP contribution in [0, 0.1) is 11.3 Å². The van der Waals surface area contributed by atoms with Crippen LogP contribution in [0.2, 0.25) is 0 Å². The molecule has 0 amide bonds. The van der Waals surface area contributed by atoms with Gasteiger partial charge in [0, 0.05) is 26.1 Å². The summed E-state index contributed by atoms with van der Waals surface area (Å²) >= 11 is 0. The standard InChI is InChI=1S/C12H21NO3/c1-11(2)6-13-5-4-9(11)10(15)12(13,7-14)8-16-3/h9,14H,4-8H2,1-3H3/t9-,12+/m1/s1. The van der Waals surface area contributed by atoms with Gasteiger partial charge < -0.3 is 9.84 Å². The van der Waals surface area contributed by atoms with E-state index in [1.165, 1.54) is 0 Å². The molecule has 0 aromatic carbocycles. The van der Waals surface area contributed by atoms with Crippen molar-refractivity contribution in [2.75, 3.05) is 33.4 Å². The van der Waals surface area contributed by atoms with E-state index in [1.54, 1.807) is 7.11 Å². The molecule has 0 aliphatic carbocycles. The molecule has 0 saturated carbocycles. The quantitative estimate of drug-likeness (QED) is 0.753. The molecule has 3 aliphatic heterocycles. The van der Waals surface area contributed by atoms with Crippen LogP contribution in [0.5, 0.6) is 0 Å². The third kappa shape index (κ3) is 1.44. The maximum Gasteiger partial charge on any atom is 0.161 e. The van der Waals surface area contributed by atoms with Gasteiger partial charge in [0.15, 0.2) is 5.78 Å². The van der Waals surface area contributed by atoms with Crippen molar-refractivity contribution in [2.45, 2.75) is 25.8 Å². The lowest BCUT2D eigenvalue weighted by Crippen LogP contribution is -2.73. The number of Topliss-reactive ketones (excluding diaryl/α,β-unsaturated/α-hetero) is 1. The van der Waals surface area contributed by atoms with E-state index >= 15 is 0 Å². The smallest absolute Gasteiger partial charge is 0.161 e. The minimum atomic E-state index is -0.771. The summed E-state index contributed by atoms with van der Waals surface area (Å²) in [6.45, 7) is 6.20. The minimum Gasteiger partial charge on any atom is -0.394 e. The van der Waals surface area contributed by atoms with Crippen molar-refractivity contribution < 1.29 is 14.6 Å². The Balaban J connectivity index is 2.34. The molecule has 4 nitrogen and oxygen atoms in total. The average molecular weight is 227 g/mol. The highest BCUT2D eigenvalue weighted by Gasteiger charge is 2.58. The molecule has 2 bridgehead atoms. The molecule has 1 N–H and O–H groups in total. The van der Waals surface area contributed by atoms with Crippen molar-refractivity contribution in [3.05, 3.63) is 0 Å². The molecule has 3 aliphatic rings. The maximum absolute atomic E-state index is 12.5. The number of hydrogen-bond acceptors (Lipinski definition) is 4. The van der Waals surface area contributed by atoms with Gasteiger partial charge in [0.2, 0.25) is 0 Å². The Kier molecular flexibility index (Phi) is 2.85. The van der Waals surface area contributed by atoms with Crippen LogP contribution in [0.15, 0.2) is 0 Å².